The first kappa shape index (κ1) is 13.8. The molecule has 0 aromatic rings. The van der Waals surface area contributed by atoms with Gasteiger partial charge >= 0.3 is 0 Å². The molecule has 0 bridgehead atoms. The van der Waals surface area contributed by atoms with Crippen molar-refractivity contribution in [2.75, 3.05) is 20.2 Å². The van der Waals surface area contributed by atoms with E-state index in [1.165, 1.54) is 25.7 Å². The molecule has 0 aromatic carbocycles. The Bertz CT molecular complexity index is 277. The molecular weight excluding hydrogens is 228 g/mol. The number of methoxy groups -OCH3 is 1. The largest absolute Gasteiger partial charge is 0.381 e. The van der Waals surface area contributed by atoms with Crippen LogP contribution < -0.4 is 5.73 Å². The molecule has 0 aromatic heterocycles. The Hall–Kier alpha value is -0.610. The average Bonchev–Trinajstić information content (AvgIpc) is 2.90. The van der Waals surface area contributed by atoms with E-state index in [0.717, 1.165) is 25.8 Å². The van der Waals surface area contributed by atoms with E-state index in [9.17, 15) is 4.79 Å². The van der Waals surface area contributed by atoms with Crippen molar-refractivity contribution < 1.29 is 9.53 Å². The van der Waals surface area contributed by atoms with E-state index >= 15 is 0 Å². The summed E-state index contributed by atoms with van der Waals surface area (Å²) in [7, 11) is 1.74. The quantitative estimate of drug-likeness (QED) is 0.828. The number of likely N-dealkylation sites (tertiary alicyclic amines) is 1. The summed E-state index contributed by atoms with van der Waals surface area (Å²) in [5, 5.41) is 0. The smallest absolute Gasteiger partial charge is 0.223 e. The van der Waals surface area contributed by atoms with Gasteiger partial charge in [-0.3, -0.25) is 4.79 Å². The summed E-state index contributed by atoms with van der Waals surface area (Å²) in [4.78, 5) is 14.4. The molecule has 4 nitrogen and oxygen atoms in total. The Morgan fingerprint density at radius 2 is 2.06 bits per heavy atom. The molecule has 1 aliphatic heterocycles. The Morgan fingerprint density at radius 3 is 2.67 bits per heavy atom. The second-order valence-electron chi connectivity index (χ2n) is 5.71. The van der Waals surface area contributed by atoms with Gasteiger partial charge in [-0.15, -0.1) is 0 Å². The summed E-state index contributed by atoms with van der Waals surface area (Å²) in [5.74, 6) is 0.933. The molecule has 2 rings (SSSR count). The van der Waals surface area contributed by atoms with E-state index in [1.54, 1.807) is 7.11 Å². The Labute approximate surface area is 110 Å². The molecule has 4 heteroatoms. The van der Waals surface area contributed by atoms with Crippen LogP contribution in [-0.2, 0) is 9.53 Å². The lowest BCUT2D eigenvalue weighted by atomic mass is 9.96. The van der Waals surface area contributed by atoms with Crippen LogP contribution in [-0.4, -0.2) is 43.2 Å². The van der Waals surface area contributed by atoms with Crippen molar-refractivity contribution >= 4 is 5.91 Å². The monoisotopic (exact) mass is 254 g/mol. The summed E-state index contributed by atoms with van der Waals surface area (Å²) in [6.45, 7) is 1.36. The lowest BCUT2D eigenvalue weighted by Crippen LogP contribution is -2.51. The molecule has 0 radical (unpaired) electrons. The summed E-state index contributed by atoms with van der Waals surface area (Å²) in [6.07, 6.45) is 7.89. The van der Waals surface area contributed by atoms with Gasteiger partial charge in [0.2, 0.25) is 5.91 Å². The first-order valence-corrected chi connectivity index (χ1v) is 7.27. The van der Waals surface area contributed by atoms with Crippen molar-refractivity contribution in [3.8, 4) is 0 Å². The van der Waals surface area contributed by atoms with Crippen molar-refractivity contribution in [3.63, 3.8) is 0 Å². The van der Waals surface area contributed by atoms with Crippen LogP contribution in [0.2, 0.25) is 0 Å². The highest BCUT2D eigenvalue weighted by Crippen LogP contribution is 2.29. The number of hydrogen-bond donors (Lipinski definition) is 1. The third kappa shape index (κ3) is 3.23. The van der Waals surface area contributed by atoms with Crippen LogP contribution in [0.1, 0.15) is 44.9 Å². The number of piperidine rings is 1. The molecule has 1 amide bonds. The molecule has 18 heavy (non-hydrogen) atoms. The Balaban J connectivity index is 1.87. The number of nitrogens with two attached hydrogens (primary N) is 1. The fourth-order valence-corrected chi connectivity index (χ4v) is 3.36. The van der Waals surface area contributed by atoms with Gasteiger partial charge in [0.1, 0.15) is 0 Å². The maximum atomic E-state index is 12.3. The van der Waals surface area contributed by atoms with Crippen LogP contribution in [0.5, 0.6) is 0 Å². The maximum Gasteiger partial charge on any atom is 0.223 e. The average molecular weight is 254 g/mol. The Morgan fingerprint density at radius 1 is 1.33 bits per heavy atom. The summed E-state index contributed by atoms with van der Waals surface area (Å²) >= 11 is 0. The van der Waals surface area contributed by atoms with E-state index in [0.29, 0.717) is 18.4 Å². The lowest BCUT2D eigenvalue weighted by molar-refractivity contribution is -0.137. The zero-order valence-electron chi connectivity index (χ0n) is 11.4. The lowest BCUT2D eigenvalue weighted by Gasteiger charge is -2.39. The minimum Gasteiger partial charge on any atom is -0.381 e. The summed E-state index contributed by atoms with van der Waals surface area (Å²) in [5.41, 5.74) is 5.81. The van der Waals surface area contributed by atoms with Crippen LogP contribution in [0.3, 0.4) is 0 Å². The number of nitrogens with zero attached hydrogens (tertiary/aromatic N) is 1. The first-order valence-electron chi connectivity index (χ1n) is 7.27. The number of amides is 1. The molecule has 2 unspecified atom stereocenters. The predicted octanol–water partition coefficient (Wildman–Crippen LogP) is 1.53. The molecule has 2 fully saturated rings. The maximum absolute atomic E-state index is 12.3. The molecule has 0 spiro atoms. The molecule has 2 aliphatic rings. The first-order chi connectivity index (χ1) is 8.74. The van der Waals surface area contributed by atoms with Crippen molar-refractivity contribution in [1.29, 1.82) is 0 Å². The second-order valence-corrected chi connectivity index (χ2v) is 5.71. The molecular formula is C14H26N2O2. The molecule has 2 atom stereocenters. The van der Waals surface area contributed by atoms with Gasteiger partial charge in [0.05, 0.1) is 6.10 Å². The van der Waals surface area contributed by atoms with Gasteiger partial charge in [-0.25, -0.2) is 0 Å². The predicted molar refractivity (Wildman–Crippen MR) is 71.2 cm³/mol. The topological polar surface area (TPSA) is 55.6 Å². The van der Waals surface area contributed by atoms with Crippen molar-refractivity contribution in [1.82, 2.24) is 4.90 Å². The number of hydrogen-bond acceptors (Lipinski definition) is 3. The standard InChI is InChI=1S/C14H26N2O2/c1-18-13-6-7-16(12(9-13)10-15)14(17)8-11-4-2-3-5-11/h11-13H,2-10,15H2,1H3. The highest BCUT2D eigenvalue weighted by molar-refractivity contribution is 5.77. The number of rotatable bonds is 4. The summed E-state index contributed by atoms with van der Waals surface area (Å²) < 4.78 is 5.39. The SMILES string of the molecule is COC1CCN(C(=O)CC2CCCC2)C(CN)C1. The van der Waals surface area contributed by atoms with E-state index in [2.05, 4.69) is 0 Å². The fraction of sp³-hybridized carbons (Fsp3) is 0.929. The third-order valence-corrected chi connectivity index (χ3v) is 4.53. The Kier molecular flexibility index (Phi) is 5.01. The van der Waals surface area contributed by atoms with Crippen molar-refractivity contribution in [3.05, 3.63) is 0 Å². The molecule has 1 saturated heterocycles. The summed E-state index contributed by atoms with van der Waals surface area (Å²) in [6, 6.07) is 0.178. The number of carbonyl (C=O) groups excluding carboxylic acids is 1. The van der Waals surface area contributed by atoms with Gasteiger partial charge in [0.25, 0.3) is 0 Å². The van der Waals surface area contributed by atoms with Gasteiger partial charge < -0.3 is 15.4 Å². The molecule has 104 valence electrons. The van der Waals surface area contributed by atoms with Gasteiger partial charge in [0.15, 0.2) is 0 Å². The molecule has 1 heterocycles. The van der Waals surface area contributed by atoms with Crippen molar-refractivity contribution in [2.24, 2.45) is 11.7 Å². The molecule has 1 aliphatic carbocycles. The molecule has 1 saturated carbocycles. The minimum atomic E-state index is 0.178. The second kappa shape index (κ2) is 6.53. The normalized spacial score (nSPS) is 29.8. The minimum absolute atomic E-state index is 0.178. The number of ether oxygens (including phenoxy) is 1. The molecule has 2 N–H and O–H groups in total. The third-order valence-electron chi connectivity index (χ3n) is 4.53. The highest BCUT2D eigenvalue weighted by atomic mass is 16.5. The van der Waals surface area contributed by atoms with E-state index in [-0.39, 0.29) is 12.1 Å². The zero-order chi connectivity index (χ0) is 13.0. The van der Waals surface area contributed by atoms with Gasteiger partial charge in [0, 0.05) is 32.7 Å². The van der Waals surface area contributed by atoms with E-state index < -0.39 is 0 Å². The van der Waals surface area contributed by atoms with Gasteiger partial charge in [-0.05, 0) is 31.6 Å². The van der Waals surface area contributed by atoms with Crippen LogP contribution in [0.25, 0.3) is 0 Å². The van der Waals surface area contributed by atoms with Crippen LogP contribution >= 0.6 is 0 Å². The van der Waals surface area contributed by atoms with Gasteiger partial charge in [-0.2, -0.15) is 0 Å². The van der Waals surface area contributed by atoms with E-state index in [4.69, 9.17) is 10.5 Å². The van der Waals surface area contributed by atoms with Crippen LogP contribution in [0.15, 0.2) is 0 Å². The highest BCUT2D eigenvalue weighted by Gasteiger charge is 2.32. The zero-order valence-corrected chi connectivity index (χ0v) is 11.4. The fourth-order valence-electron chi connectivity index (χ4n) is 3.36. The van der Waals surface area contributed by atoms with E-state index in [1.807, 2.05) is 4.90 Å². The number of carbonyl (C=O) groups is 1. The van der Waals surface area contributed by atoms with Crippen molar-refractivity contribution in [2.45, 2.75) is 57.1 Å². The van der Waals surface area contributed by atoms with Crippen LogP contribution in [0, 0.1) is 5.92 Å². The van der Waals surface area contributed by atoms with Gasteiger partial charge in [-0.1, -0.05) is 12.8 Å². The van der Waals surface area contributed by atoms with Crippen LogP contribution in [0.4, 0.5) is 0 Å².